The van der Waals surface area contributed by atoms with Crippen LogP contribution in [0.4, 0.5) is 5.82 Å². The standard InChI is InChI=1S/C25H27ClN6O2S/c1-3-7-22-27-24(23-18(2)29-32(25(23)28-22)20-8-5-4-6-9-20)30-14-16-31(17-15-30)35(33,34)21-12-10-19(26)11-13-21/h4-6,8-13H,3,7,14-17H2,1-2H3. The number of piperazine rings is 1. The van der Waals surface area contributed by atoms with Crippen molar-refractivity contribution in [1.82, 2.24) is 24.1 Å². The van der Waals surface area contributed by atoms with Crippen molar-refractivity contribution in [2.24, 2.45) is 0 Å². The molecule has 4 aromatic rings. The fourth-order valence-electron chi connectivity index (χ4n) is 4.41. The van der Waals surface area contributed by atoms with Gasteiger partial charge in [0.1, 0.15) is 11.6 Å². The first-order chi connectivity index (χ1) is 16.9. The Morgan fingerprint density at radius 1 is 0.943 bits per heavy atom. The number of benzene rings is 2. The maximum Gasteiger partial charge on any atom is 0.243 e. The minimum atomic E-state index is -3.58. The molecule has 0 spiro atoms. The number of hydrogen-bond donors (Lipinski definition) is 0. The average molecular weight is 511 g/mol. The fraction of sp³-hybridized carbons (Fsp3) is 0.320. The van der Waals surface area contributed by atoms with Crippen LogP contribution in [0.15, 0.2) is 59.5 Å². The Morgan fingerprint density at radius 2 is 1.63 bits per heavy atom. The van der Waals surface area contributed by atoms with Crippen molar-refractivity contribution in [2.45, 2.75) is 31.6 Å². The summed E-state index contributed by atoms with van der Waals surface area (Å²) < 4.78 is 29.7. The predicted molar refractivity (Wildman–Crippen MR) is 138 cm³/mol. The molecule has 1 aliphatic heterocycles. The molecule has 0 N–H and O–H groups in total. The van der Waals surface area contributed by atoms with Crippen molar-refractivity contribution in [1.29, 1.82) is 0 Å². The number of hydrogen-bond acceptors (Lipinski definition) is 6. The van der Waals surface area contributed by atoms with Gasteiger partial charge in [0.25, 0.3) is 0 Å². The van der Waals surface area contributed by atoms with Crippen LogP contribution in [0.2, 0.25) is 5.02 Å². The lowest BCUT2D eigenvalue weighted by molar-refractivity contribution is 0.384. The highest BCUT2D eigenvalue weighted by atomic mass is 35.5. The summed E-state index contributed by atoms with van der Waals surface area (Å²) in [6, 6.07) is 16.3. The molecule has 2 aromatic heterocycles. The molecule has 8 nitrogen and oxygen atoms in total. The second-order valence-electron chi connectivity index (χ2n) is 8.59. The Bertz CT molecular complexity index is 1450. The zero-order valence-corrected chi connectivity index (χ0v) is 21.3. The summed E-state index contributed by atoms with van der Waals surface area (Å²) in [5, 5.41) is 6.20. The Kier molecular flexibility index (Phi) is 6.48. The SMILES string of the molecule is CCCc1nc(N2CCN(S(=O)(=O)c3ccc(Cl)cc3)CC2)c2c(C)nn(-c3ccccc3)c2n1. The van der Waals surface area contributed by atoms with E-state index in [1.165, 1.54) is 4.31 Å². The van der Waals surface area contributed by atoms with Gasteiger partial charge < -0.3 is 4.90 Å². The number of fused-ring (bicyclic) bond motifs is 1. The van der Waals surface area contributed by atoms with Gasteiger partial charge in [-0.25, -0.2) is 23.1 Å². The molecule has 182 valence electrons. The molecule has 0 atom stereocenters. The van der Waals surface area contributed by atoms with Gasteiger partial charge in [-0.15, -0.1) is 0 Å². The van der Waals surface area contributed by atoms with Crippen LogP contribution in [0, 0.1) is 6.92 Å². The summed E-state index contributed by atoms with van der Waals surface area (Å²) in [7, 11) is -3.58. The zero-order chi connectivity index (χ0) is 24.6. The number of halogens is 1. The minimum absolute atomic E-state index is 0.255. The van der Waals surface area contributed by atoms with E-state index in [-0.39, 0.29) is 4.90 Å². The van der Waals surface area contributed by atoms with Crippen molar-refractivity contribution in [3.05, 3.63) is 71.1 Å². The van der Waals surface area contributed by atoms with Crippen LogP contribution in [-0.2, 0) is 16.4 Å². The minimum Gasteiger partial charge on any atom is -0.353 e. The molecule has 1 aliphatic rings. The van der Waals surface area contributed by atoms with E-state index in [0.29, 0.717) is 31.2 Å². The third-order valence-electron chi connectivity index (χ3n) is 6.19. The molecule has 1 fully saturated rings. The lowest BCUT2D eigenvalue weighted by Gasteiger charge is -2.35. The summed E-state index contributed by atoms with van der Waals surface area (Å²) in [4.78, 5) is 12.2. The molecular formula is C25H27ClN6O2S. The van der Waals surface area contributed by atoms with Crippen LogP contribution in [0.5, 0.6) is 0 Å². The second-order valence-corrected chi connectivity index (χ2v) is 11.0. The summed E-state index contributed by atoms with van der Waals surface area (Å²) in [5.41, 5.74) is 2.56. The molecule has 0 bridgehead atoms. The normalized spacial score (nSPS) is 15.1. The van der Waals surface area contributed by atoms with E-state index in [2.05, 4.69) is 11.8 Å². The molecule has 0 saturated carbocycles. The van der Waals surface area contributed by atoms with E-state index >= 15 is 0 Å². The highest BCUT2D eigenvalue weighted by Crippen LogP contribution is 2.30. The van der Waals surface area contributed by atoms with Gasteiger partial charge in [0.2, 0.25) is 10.0 Å². The van der Waals surface area contributed by atoms with Crippen LogP contribution in [0.1, 0.15) is 24.9 Å². The van der Waals surface area contributed by atoms with Gasteiger partial charge in [-0.2, -0.15) is 9.40 Å². The molecular weight excluding hydrogens is 484 g/mol. The van der Waals surface area contributed by atoms with E-state index in [9.17, 15) is 8.42 Å². The molecule has 2 aromatic carbocycles. The van der Waals surface area contributed by atoms with Crippen molar-refractivity contribution in [2.75, 3.05) is 31.1 Å². The monoisotopic (exact) mass is 510 g/mol. The third kappa shape index (κ3) is 4.51. The number of para-hydroxylation sites is 1. The maximum absolute atomic E-state index is 13.1. The molecule has 0 aliphatic carbocycles. The largest absolute Gasteiger partial charge is 0.353 e. The van der Waals surface area contributed by atoms with Crippen molar-refractivity contribution in [3.63, 3.8) is 0 Å². The number of rotatable bonds is 6. The Labute approximate surface area is 210 Å². The van der Waals surface area contributed by atoms with E-state index in [1.807, 2.05) is 41.9 Å². The quantitative estimate of drug-likeness (QED) is 0.386. The topological polar surface area (TPSA) is 84.2 Å². The predicted octanol–water partition coefficient (Wildman–Crippen LogP) is 4.24. The average Bonchev–Trinajstić information content (AvgIpc) is 3.21. The molecule has 10 heteroatoms. The van der Waals surface area contributed by atoms with Gasteiger partial charge in [0.05, 0.1) is 21.7 Å². The highest BCUT2D eigenvalue weighted by molar-refractivity contribution is 7.89. The van der Waals surface area contributed by atoms with Crippen LogP contribution in [0.3, 0.4) is 0 Å². The molecule has 5 rings (SSSR count). The van der Waals surface area contributed by atoms with Gasteiger partial charge in [0.15, 0.2) is 5.65 Å². The molecule has 0 unspecified atom stereocenters. The van der Waals surface area contributed by atoms with Crippen LogP contribution < -0.4 is 4.90 Å². The fourth-order valence-corrected chi connectivity index (χ4v) is 5.96. The summed E-state index contributed by atoms with van der Waals surface area (Å²) in [6.07, 6.45) is 1.68. The first-order valence-corrected chi connectivity index (χ1v) is 13.5. The first-order valence-electron chi connectivity index (χ1n) is 11.7. The Morgan fingerprint density at radius 3 is 2.29 bits per heavy atom. The number of anilines is 1. The van der Waals surface area contributed by atoms with E-state index in [0.717, 1.165) is 46.9 Å². The molecule has 0 radical (unpaired) electrons. The Hall–Kier alpha value is -3.01. The van der Waals surface area contributed by atoms with Crippen molar-refractivity contribution >= 4 is 38.5 Å². The van der Waals surface area contributed by atoms with E-state index in [1.54, 1.807) is 24.3 Å². The third-order valence-corrected chi connectivity index (χ3v) is 8.36. The summed E-state index contributed by atoms with van der Waals surface area (Å²) >= 11 is 5.94. The van der Waals surface area contributed by atoms with E-state index in [4.69, 9.17) is 26.7 Å². The summed E-state index contributed by atoms with van der Waals surface area (Å²) in [6.45, 7) is 5.86. The first kappa shape index (κ1) is 23.7. The van der Waals surface area contributed by atoms with Crippen LogP contribution in [-0.4, -0.2) is 58.7 Å². The molecule has 3 heterocycles. The molecule has 0 amide bonds. The number of aryl methyl sites for hydroxylation is 2. The van der Waals surface area contributed by atoms with Crippen LogP contribution >= 0.6 is 11.6 Å². The summed E-state index contributed by atoms with van der Waals surface area (Å²) in [5.74, 6) is 1.59. The van der Waals surface area contributed by atoms with Gasteiger partial charge in [-0.3, -0.25) is 0 Å². The van der Waals surface area contributed by atoms with Crippen molar-refractivity contribution < 1.29 is 8.42 Å². The maximum atomic E-state index is 13.1. The smallest absolute Gasteiger partial charge is 0.243 e. The van der Waals surface area contributed by atoms with Crippen molar-refractivity contribution in [3.8, 4) is 5.69 Å². The lowest BCUT2D eigenvalue weighted by atomic mass is 10.2. The Balaban J connectivity index is 1.48. The molecule has 35 heavy (non-hydrogen) atoms. The number of aromatic nitrogens is 4. The van der Waals surface area contributed by atoms with Gasteiger partial charge in [0, 0.05) is 37.6 Å². The van der Waals surface area contributed by atoms with Crippen LogP contribution in [0.25, 0.3) is 16.7 Å². The second kappa shape index (κ2) is 9.56. The van der Waals surface area contributed by atoms with Gasteiger partial charge in [-0.05, 0) is 49.7 Å². The van der Waals surface area contributed by atoms with Gasteiger partial charge in [-0.1, -0.05) is 36.7 Å². The molecule has 1 saturated heterocycles. The lowest BCUT2D eigenvalue weighted by Crippen LogP contribution is -2.49. The van der Waals surface area contributed by atoms with E-state index < -0.39 is 10.0 Å². The van der Waals surface area contributed by atoms with Gasteiger partial charge >= 0.3 is 0 Å². The highest BCUT2D eigenvalue weighted by Gasteiger charge is 2.30. The zero-order valence-electron chi connectivity index (χ0n) is 19.7. The number of sulfonamides is 1. The number of nitrogens with zero attached hydrogens (tertiary/aromatic N) is 6.